The second kappa shape index (κ2) is 6.27. The van der Waals surface area contributed by atoms with E-state index in [0.29, 0.717) is 26.2 Å². The third kappa shape index (κ3) is 3.77. The molecule has 2 saturated heterocycles. The van der Waals surface area contributed by atoms with Crippen LogP contribution in [-0.2, 0) is 14.8 Å². The molecule has 0 bridgehead atoms. The topological polar surface area (TPSA) is 81.2 Å². The lowest BCUT2D eigenvalue weighted by atomic mass is 9.86. The number of nitrogens with zero attached hydrogens (tertiary/aromatic N) is 4. The molecule has 0 N–H and O–H groups in total. The largest absolute Gasteiger partial charge is 0.342 e. The van der Waals surface area contributed by atoms with Crippen molar-refractivity contribution in [3.05, 3.63) is 0 Å². The second-order valence-corrected chi connectivity index (χ2v) is 8.76. The number of amides is 3. The van der Waals surface area contributed by atoms with Gasteiger partial charge in [0.05, 0.1) is 6.26 Å². The van der Waals surface area contributed by atoms with Gasteiger partial charge in [0.15, 0.2) is 0 Å². The Kier molecular flexibility index (Phi) is 4.91. The lowest BCUT2D eigenvalue weighted by Gasteiger charge is -2.34. The van der Waals surface area contributed by atoms with Crippen molar-refractivity contribution in [3.8, 4) is 0 Å². The van der Waals surface area contributed by atoms with Gasteiger partial charge in [-0.15, -0.1) is 0 Å². The maximum absolute atomic E-state index is 12.4. The first-order chi connectivity index (χ1) is 10.6. The zero-order valence-corrected chi connectivity index (χ0v) is 15.1. The quantitative estimate of drug-likeness (QED) is 0.674. The highest BCUT2D eigenvalue weighted by Crippen LogP contribution is 2.35. The van der Waals surface area contributed by atoms with Crippen LogP contribution in [0.25, 0.3) is 0 Å². The highest BCUT2D eigenvalue weighted by atomic mass is 32.2. The number of carbonyl (C=O) groups excluding carboxylic acids is 2. The molecule has 0 aliphatic carbocycles. The van der Waals surface area contributed by atoms with E-state index in [0.717, 1.165) is 0 Å². The van der Waals surface area contributed by atoms with Crippen LogP contribution >= 0.6 is 0 Å². The summed E-state index contributed by atoms with van der Waals surface area (Å²) < 4.78 is 25.5. The minimum absolute atomic E-state index is 0.0279. The van der Waals surface area contributed by atoms with Crippen LogP contribution in [0.4, 0.5) is 4.79 Å². The summed E-state index contributed by atoms with van der Waals surface area (Å²) in [5, 5.41) is 0. The highest BCUT2D eigenvalue weighted by molar-refractivity contribution is 7.88. The van der Waals surface area contributed by atoms with Crippen molar-refractivity contribution in [2.24, 2.45) is 5.41 Å². The highest BCUT2D eigenvalue weighted by Gasteiger charge is 2.48. The fourth-order valence-corrected chi connectivity index (χ4v) is 4.35. The fraction of sp³-hybridized carbons (Fsp3) is 0.857. The molecular formula is C14H26N4O4S. The summed E-state index contributed by atoms with van der Waals surface area (Å²) in [7, 11) is -0.0258. The summed E-state index contributed by atoms with van der Waals surface area (Å²) >= 11 is 0. The zero-order chi connectivity index (χ0) is 17.4. The molecule has 0 saturated carbocycles. The first-order valence-corrected chi connectivity index (χ1v) is 9.62. The van der Waals surface area contributed by atoms with Gasteiger partial charge < -0.3 is 14.7 Å². The number of carbonyl (C=O) groups is 2. The molecular weight excluding hydrogens is 320 g/mol. The van der Waals surface area contributed by atoms with Crippen molar-refractivity contribution in [3.63, 3.8) is 0 Å². The standard InChI is InChI=1S/C14H26N4O4S/c1-5-16-9-14(8-12(16)19)10-17(13(20)15(2)3)6-7-18(11-14)23(4,21)22/h5-11H2,1-4H3/t14-/m0/s1. The SMILES string of the molecule is CCN1C[C@@]2(CC1=O)CN(C(=O)N(C)C)CCN(S(C)(=O)=O)C2. The van der Waals surface area contributed by atoms with Gasteiger partial charge in [0, 0.05) is 65.2 Å². The molecule has 23 heavy (non-hydrogen) atoms. The lowest BCUT2D eigenvalue weighted by Crippen LogP contribution is -2.47. The summed E-state index contributed by atoms with van der Waals surface area (Å²) in [6.07, 6.45) is 1.46. The third-order valence-corrected chi connectivity index (χ3v) is 5.82. The predicted molar refractivity (Wildman–Crippen MR) is 86.4 cm³/mol. The molecule has 1 atom stereocenters. The van der Waals surface area contributed by atoms with Gasteiger partial charge in [-0.25, -0.2) is 13.2 Å². The number of hydrogen-bond acceptors (Lipinski definition) is 4. The Morgan fingerprint density at radius 2 is 1.87 bits per heavy atom. The number of likely N-dealkylation sites (tertiary alicyclic amines) is 1. The molecule has 9 heteroatoms. The molecule has 0 radical (unpaired) electrons. The first kappa shape index (κ1) is 18.0. The van der Waals surface area contributed by atoms with Gasteiger partial charge in [0.2, 0.25) is 15.9 Å². The summed E-state index contributed by atoms with van der Waals surface area (Å²) in [6, 6.07) is -0.151. The van der Waals surface area contributed by atoms with Gasteiger partial charge >= 0.3 is 6.03 Å². The molecule has 0 aromatic heterocycles. The van der Waals surface area contributed by atoms with Crippen LogP contribution < -0.4 is 0 Å². The van der Waals surface area contributed by atoms with Gasteiger partial charge in [-0.05, 0) is 6.92 Å². The summed E-state index contributed by atoms with van der Waals surface area (Å²) in [6.45, 7) is 4.29. The fourth-order valence-electron chi connectivity index (χ4n) is 3.43. The van der Waals surface area contributed by atoms with Crippen LogP contribution in [0.3, 0.4) is 0 Å². The van der Waals surface area contributed by atoms with Crippen LogP contribution in [0.2, 0.25) is 0 Å². The minimum Gasteiger partial charge on any atom is -0.342 e. The Morgan fingerprint density at radius 3 is 2.35 bits per heavy atom. The molecule has 8 nitrogen and oxygen atoms in total. The Hall–Kier alpha value is -1.35. The van der Waals surface area contributed by atoms with Crippen molar-refractivity contribution in [2.75, 3.05) is 59.6 Å². The van der Waals surface area contributed by atoms with Crippen LogP contribution in [0.15, 0.2) is 0 Å². The molecule has 2 aliphatic heterocycles. The molecule has 1 spiro atoms. The van der Waals surface area contributed by atoms with E-state index in [1.807, 2.05) is 6.92 Å². The number of urea groups is 1. The van der Waals surface area contributed by atoms with E-state index in [2.05, 4.69) is 0 Å². The van der Waals surface area contributed by atoms with E-state index in [1.165, 1.54) is 15.5 Å². The van der Waals surface area contributed by atoms with Crippen molar-refractivity contribution >= 4 is 22.0 Å². The Morgan fingerprint density at radius 1 is 1.22 bits per heavy atom. The summed E-state index contributed by atoms with van der Waals surface area (Å²) in [4.78, 5) is 29.5. The van der Waals surface area contributed by atoms with Gasteiger partial charge in [-0.3, -0.25) is 4.79 Å². The number of rotatable bonds is 2. The second-order valence-electron chi connectivity index (χ2n) is 6.78. The van der Waals surface area contributed by atoms with E-state index >= 15 is 0 Å². The minimum atomic E-state index is -3.37. The van der Waals surface area contributed by atoms with Crippen LogP contribution in [0, 0.1) is 5.41 Å². The van der Waals surface area contributed by atoms with Crippen molar-refractivity contribution in [1.82, 2.24) is 19.0 Å². The van der Waals surface area contributed by atoms with Crippen molar-refractivity contribution in [2.45, 2.75) is 13.3 Å². The normalized spacial score (nSPS) is 26.7. The van der Waals surface area contributed by atoms with Crippen LogP contribution in [0.5, 0.6) is 0 Å². The van der Waals surface area contributed by atoms with E-state index in [4.69, 9.17) is 0 Å². The average Bonchev–Trinajstić information content (AvgIpc) is 2.63. The maximum Gasteiger partial charge on any atom is 0.319 e. The van der Waals surface area contributed by atoms with E-state index in [1.54, 1.807) is 23.9 Å². The van der Waals surface area contributed by atoms with E-state index < -0.39 is 15.4 Å². The average molecular weight is 346 g/mol. The molecule has 2 aliphatic rings. The van der Waals surface area contributed by atoms with Gasteiger partial charge in [0.25, 0.3) is 0 Å². The lowest BCUT2D eigenvalue weighted by molar-refractivity contribution is -0.127. The number of sulfonamides is 1. The van der Waals surface area contributed by atoms with Gasteiger partial charge in [-0.2, -0.15) is 4.31 Å². The number of hydrogen-bond donors (Lipinski definition) is 0. The van der Waals surface area contributed by atoms with Crippen molar-refractivity contribution in [1.29, 1.82) is 0 Å². The predicted octanol–water partition coefficient (Wildman–Crippen LogP) is -0.516. The Labute approximate surface area is 138 Å². The molecule has 2 heterocycles. The monoisotopic (exact) mass is 346 g/mol. The molecule has 0 aromatic rings. The molecule has 132 valence electrons. The van der Waals surface area contributed by atoms with Gasteiger partial charge in [-0.1, -0.05) is 0 Å². The van der Waals surface area contributed by atoms with E-state index in [-0.39, 0.29) is 31.4 Å². The molecule has 2 fully saturated rings. The summed E-state index contributed by atoms with van der Waals surface area (Å²) in [5.41, 5.74) is -0.529. The third-order valence-electron chi connectivity index (χ3n) is 4.57. The van der Waals surface area contributed by atoms with E-state index in [9.17, 15) is 18.0 Å². The van der Waals surface area contributed by atoms with Crippen LogP contribution in [0.1, 0.15) is 13.3 Å². The first-order valence-electron chi connectivity index (χ1n) is 7.77. The zero-order valence-electron chi connectivity index (χ0n) is 14.3. The molecule has 3 amide bonds. The smallest absolute Gasteiger partial charge is 0.319 e. The molecule has 0 unspecified atom stereocenters. The molecule has 2 rings (SSSR count). The van der Waals surface area contributed by atoms with Crippen molar-refractivity contribution < 1.29 is 18.0 Å². The Balaban J connectivity index is 2.33. The maximum atomic E-state index is 12.4. The Bertz CT molecular complexity index is 592. The van der Waals surface area contributed by atoms with Crippen LogP contribution in [-0.4, -0.2) is 99.0 Å². The summed E-state index contributed by atoms with van der Waals surface area (Å²) in [5.74, 6) is 0.0279. The molecule has 0 aromatic carbocycles. The van der Waals surface area contributed by atoms with Gasteiger partial charge in [0.1, 0.15) is 0 Å².